The van der Waals surface area contributed by atoms with Gasteiger partial charge in [-0.15, -0.1) is 44.8 Å². The molecule has 0 aliphatic heterocycles. The predicted molar refractivity (Wildman–Crippen MR) is 445 cm³/mol. The van der Waals surface area contributed by atoms with E-state index in [2.05, 4.69) is 344 Å². The second-order valence-electron chi connectivity index (χ2n) is 32.2. The van der Waals surface area contributed by atoms with Crippen LogP contribution in [0.25, 0.3) is 107 Å². The van der Waals surface area contributed by atoms with Crippen LogP contribution >= 0.6 is 22.7 Å². The molecule has 2 heterocycles. The van der Waals surface area contributed by atoms with E-state index in [0.29, 0.717) is 66.5 Å². The molecule has 0 radical (unpaired) electrons. The normalized spacial score (nSPS) is 13.0. The van der Waals surface area contributed by atoms with Crippen LogP contribution in [0.1, 0.15) is 188 Å². The standard InChI is InChI=1S/C90H106S2Si4/c1-55(2)93(56(3)4,57(5)6)40-36-73-77-45-67-30-25-27-32-69(67)47-79(77)75(38-42-95(61(13)14,62(15)16)63(17)18)83-51-89-85(49-81(73)83)87(53-91-89)71-34-29-35-72(44-71)88-54-92-90-52-84-76(39-43-96(64(19)20,65(21)22)66(23)24)80-48-70-33-28-26-31-68(70)46-78(80)74(82(84)50-86(88)90)37-41-94(58(7)8,59(9)10)60(11)12/h25-35,44-66H,1-24H3. The molecule has 494 valence electrons. The third kappa shape index (κ3) is 11.8. The molecule has 0 saturated carbocycles. The van der Waals surface area contributed by atoms with Gasteiger partial charge >= 0.3 is 0 Å². The van der Waals surface area contributed by atoms with E-state index in [1.54, 1.807) is 0 Å². The topological polar surface area (TPSA) is 0 Å². The number of hydrogen-bond donors (Lipinski definition) is 0. The summed E-state index contributed by atoms with van der Waals surface area (Å²) in [5.74, 6) is 16.6. The molecular weight excluding hydrogens is 1260 g/mol. The van der Waals surface area contributed by atoms with E-state index in [0.717, 1.165) is 22.3 Å². The first-order valence-corrected chi connectivity index (χ1v) is 47.1. The minimum Gasteiger partial charge on any atom is -0.143 e. The van der Waals surface area contributed by atoms with Gasteiger partial charge in [0.2, 0.25) is 0 Å². The highest BCUT2D eigenvalue weighted by molar-refractivity contribution is 7.18. The molecule has 11 aromatic rings. The maximum absolute atomic E-state index is 4.26. The number of rotatable bonds is 14. The second-order valence-corrected chi connectivity index (χ2v) is 56.4. The van der Waals surface area contributed by atoms with E-state index in [4.69, 9.17) is 0 Å². The van der Waals surface area contributed by atoms with Gasteiger partial charge in [0.15, 0.2) is 0 Å². The van der Waals surface area contributed by atoms with E-state index < -0.39 is 32.3 Å². The van der Waals surface area contributed by atoms with Crippen LogP contribution in [0.5, 0.6) is 0 Å². The van der Waals surface area contributed by atoms with Gasteiger partial charge in [0.05, 0.1) is 0 Å². The number of thiophene rings is 2. The molecule has 0 spiro atoms. The minimum atomic E-state index is -2.17. The van der Waals surface area contributed by atoms with Crippen molar-refractivity contribution in [2.75, 3.05) is 0 Å². The lowest BCUT2D eigenvalue weighted by molar-refractivity contribution is 0.838. The van der Waals surface area contributed by atoms with Crippen LogP contribution in [0, 0.1) is 45.9 Å². The van der Waals surface area contributed by atoms with Crippen molar-refractivity contribution in [1.82, 2.24) is 0 Å². The van der Waals surface area contributed by atoms with Crippen molar-refractivity contribution in [1.29, 1.82) is 0 Å². The van der Waals surface area contributed by atoms with Crippen molar-refractivity contribution in [3.05, 3.63) is 154 Å². The molecule has 11 rings (SSSR count). The Hall–Kier alpha value is -6.43. The zero-order valence-corrected chi connectivity index (χ0v) is 68.1. The fourth-order valence-corrected chi connectivity index (χ4v) is 41.9. The first-order chi connectivity index (χ1) is 45.5. The molecule has 0 unspecified atom stereocenters. The summed E-state index contributed by atoms with van der Waals surface area (Å²) >= 11 is 3.72. The molecule has 2 aromatic heterocycles. The maximum Gasteiger partial charge on any atom is 0.146 e. The molecule has 0 atom stereocenters. The minimum absolute atomic E-state index is 0.501. The van der Waals surface area contributed by atoms with E-state index in [1.807, 2.05) is 22.7 Å². The Bertz CT molecular complexity index is 4700. The molecule has 0 bridgehead atoms. The Morgan fingerprint density at radius 2 is 0.458 bits per heavy atom. The molecule has 0 aliphatic carbocycles. The second kappa shape index (κ2) is 27.4. The quantitative estimate of drug-likeness (QED) is 0.0578. The van der Waals surface area contributed by atoms with Gasteiger partial charge in [0, 0.05) is 64.3 Å². The van der Waals surface area contributed by atoms with Crippen LogP contribution in [0.3, 0.4) is 0 Å². The molecular formula is C90H106S2Si4. The van der Waals surface area contributed by atoms with Crippen molar-refractivity contribution >= 4 is 140 Å². The van der Waals surface area contributed by atoms with Crippen molar-refractivity contribution in [2.45, 2.75) is 233 Å². The smallest absolute Gasteiger partial charge is 0.143 e. The monoisotopic (exact) mass is 1360 g/mol. The largest absolute Gasteiger partial charge is 0.146 e. The number of hydrogen-bond acceptors (Lipinski definition) is 2. The zero-order valence-electron chi connectivity index (χ0n) is 62.4. The van der Waals surface area contributed by atoms with Crippen LogP contribution in [0.15, 0.2) is 132 Å². The highest BCUT2D eigenvalue weighted by Crippen LogP contribution is 2.49. The first-order valence-electron chi connectivity index (χ1n) is 36.4. The lowest BCUT2D eigenvalue weighted by atomic mass is 9.89. The molecule has 96 heavy (non-hydrogen) atoms. The summed E-state index contributed by atoms with van der Waals surface area (Å²) in [5, 5.41) is 22.0. The lowest BCUT2D eigenvalue weighted by Crippen LogP contribution is -2.43. The molecule has 0 nitrogen and oxygen atoms in total. The van der Waals surface area contributed by atoms with Gasteiger partial charge in [-0.3, -0.25) is 0 Å². The summed E-state index contributed by atoms with van der Waals surface area (Å²) in [6, 6.07) is 47.1. The molecule has 0 fully saturated rings. The summed E-state index contributed by atoms with van der Waals surface area (Å²) < 4.78 is 2.55. The average Bonchev–Trinajstić information content (AvgIpc) is 1.10. The average molecular weight is 1360 g/mol. The van der Waals surface area contributed by atoms with Gasteiger partial charge < -0.3 is 0 Å². The Morgan fingerprint density at radius 1 is 0.240 bits per heavy atom. The maximum atomic E-state index is 4.26. The van der Waals surface area contributed by atoms with Crippen molar-refractivity contribution in [3.8, 4) is 68.1 Å². The summed E-state index contributed by atoms with van der Waals surface area (Å²) in [6.07, 6.45) is 0. The van der Waals surface area contributed by atoms with Gasteiger partial charge in [-0.05, 0) is 197 Å². The Kier molecular flexibility index (Phi) is 20.2. The Morgan fingerprint density at radius 3 is 0.688 bits per heavy atom. The van der Waals surface area contributed by atoms with Gasteiger partial charge in [0.1, 0.15) is 32.3 Å². The SMILES string of the molecule is CC(C)[Si](C#Cc1c2cc3ccccc3cc2c(C#C[Si](C(C)C)(C(C)C)C(C)C)c2cc3c(-c4cccc(-c5csc6cc7c(C#C[Si](C(C)C)(C(C)C)C(C)C)c8cc9ccccc9cc8c(C#C[Si](C(C)C)(C(C)C)C(C)C)c7cc56)c4)csc3cc12)(C(C)C)C(C)C. The zero-order chi connectivity index (χ0) is 69.4. The van der Waals surface area contributed by atoms with Gasteiger partial charge in [-0.1, -0.05) is 257 Å². The molecule has 9 aromatic carbocycles. The van der Waals surface area contributed by atoms with Crippen LogP contribution in [0.4, 0.5) is 0 Å². The third-order valence-corrected chi connectivity index (χ3v) is 51.0. The molecule has 6 heteroatoms. The first kappa shape index (κ1) is 70.9. The van der Waals surface area contributed by atoms with Crippen LogP contribution in [-0.2, 0) is 0 Å². The van der Waals surface area contributed by atoms with Gasteiger partial charge in [-0.2, -0.15) is 0 Å². The Labute approximate surface area is 590 Å². The molecule has 0 aliphatic rings. The van der Waals surface area contributed by atoms with Crippen molar-refractivity contribution in [2.24, 2.45) is 0 Å². The summed E-state index contributed by atoms with van der Waals surface area (Å²) in [7, 11) is -8.62. The van der Waals surface area contributed by atoms with E-state index in [1.165, 1.54) is 107 Å². The molecule has 0 N–H and O–H groups in total. The fourth-order valence-electron chi connectivity index (χ4n) is 19.1. The van der Waals surface area contributed by atoms with E-state index in [-0.39, 0.29) is 0 Å². The highest BCUT2D eigenvalue weighted by Gasteiger charge is 2.45. The molecule has 0 amide bonds. The predicted octanol–water partition coefficient (Wildman–Crippen LogP) is 28.6. The van der Waals surface area contributed by atoms with Crippen molar-refractivity contribution in [3.63, 3.8) is 0 Å². The van der Waals surface area contributed by atoms with Gasteiger partial charge in [0.25, 0.3) is 0 Å². The summed E-state index contributed by atoms with van der Waals surface area (Å²) in [4.78, 5) is 0. The summed E-state index contributed by atoms with van der Waals surface area (Å²) in [6.45, 7) is 58.5. The van der Waals surface area contributed by atoms with Crippen molar-refractivity contribution < 1.29 is 0 Å². The third-order valence-electron chi connectivity index (χ3n) is 23.9. The highest BCUT2D eigenvalue weighted by atomic mass is 32.1. The number of fused-ring (bicyclic) bond motifs is 8. The summed E-state index contributed by atoms with van der Waals surface area (Å²) in [5.41, 5.74) is 32.6. The van der Waals surface area contributed by atoms with E-state index in [9.17, 15) is 0 Å². The molecule has 0 saturated heterocycles. The Balaban J connectivity index is 1.20. The van der Waals surface area contributed by atoms with Crippen LogP contribution in [-0.4, -0.2) is 32.3 Å². The fraction of sp³-hybridized carbons (Fsp3) is 0.400. The van der Waals surface area contributed by atoms with E-state index >= 15 is 0 Å². The van der Waals surface area contributed by atoms with Crippen LogP contribution in [0.2, 0.25) is 66.5 Å². The van der Waals surface area contributed by atoms with Gasteiger partial charge in [-0.25, -0.2) is 0 Å². The van der Waals surface area contributed by atoms with Crippen LogP contribution < -0.4 is 0 Å². The number of benzene rings is 9. The lowest BCUT2D eigenvalue weighted by Gasteiger charge is -2.38.